The van der Waals surface area contributed by atoms with E-state index in [-0.39, 0.29) is 86.4 Å². The van der Waals surface area contributed by atoms with Crippen molar-refractivity contribution in [1.29, 1.82) is 0 Å². The molecule has 1 aliphatic carbocycles. The van der Waals surface area contributed by atoms with Crippen LogP contribution in [0, 0.1) is 11.6 Å². The lowest BCUT2D eigenvalue weighted by Gasteiger charge is -2.50. The third kappa shape index (κ3) is 7.12. The Kier molecular flexibility index (Phi) is 10.9. The molecule has 19 nitrogen and oxygen atoms in total. The second-order valence-electron chi connectivity index (χ2n) is 14.7. The average Bonchev–Trinajstić information content (AvgIpc) is 4.03. The number of aliphatic hydroxyl groups excluding tert-OH is 1. The van der Waals surface area contributed by atoms with Gasteiger partial charge in [0.2, 0.25) is 11.3 Å². The van der Waals surface area contributed by atoms with E-state index in [0.717, 1.165) is 17.2 Å². The summed E-state index contributed by atoms with van der Waals surface area (Å²) in [5.74, 6) is -8.47. The molecular formula is C36H40F2N8O11S. The monoisotopic (exact) mass is 830 g/mol. The fourth-order valence-electron chi connectivity index (χ4n) is 7.75. The number of rotatable bonds is 11. The highest BCUT2D eigenvalue weighted by atomic mass is 32.2. The van der Waals surface area contributed by atoms with Crippen LogP contribution >= 0.6 is 11.8 Å². The molecule has 2 unspecified atom stereocenters. The van der Waals surface area contributed by atoms with Gasteiger partial charge in [0.25, 0.3) is 5.91 Å². The molecule has 2 aromatic rings. The van der Waals surface area contributed by atoms with Crippen LogP contribution < -0.4 is 21.0 Å². The lowest BCUT2D eigenvalue weighted by Crippen LogP contribution is -2.72. The molecule has 5 heterocycles. The number of β-lactam (4-membered cyclic amide) rings is 1. The van der Waals surface area contributed by atoms with Crippen LogP contribution in [0.3, 0.4) is 0 Å². The number of urea groups is 1. The van der Waals surface area contributed by atoms with Gasteiger partial charge in [0.05, 0.1) is 17.0 Å². The number of aliphatic carboxylic acids is 1. The zero-order valence-electron chi connectivity index (χ0n) is 31.3. The predicted octanol–water partition coefficient (Wildman–Crippen LogP) is -0.677. The Balaban J connectivity index is 1.01. The predicted molar refractivity (Wildman–Crippen MR) is 200 cm³/mol. The SMILES string of the molecule is CCN1CCN(C(=O)N[C@@H](C(=O)NC2C(=O)N3C(C(=O)O)=C(CN4CCN(c5c(F)cc6c(=O)c(C(=O)O)cn(C7CC7)c6c5F)CC4)CSC23)[C@H](C)O)C(=O)C1=O. The number of likely N-dealkylation sites (N-methyl/N-ethyl adjacent to an activating group) is 1. The second kappa shape index (κ2) is 15.6. The van der Waals surface area contributed by atoms with Gasteiger partial charge in [-0.05, 0) is 38.3 Å². The number of piperazine rings is 2. The first-order chi connectivity index (χ1) is 27.5. The Morgan fingerprint density at radius 3 is 2.26 bits per heavy atom. The summed E-state index contributed by atoms with van der Waals surface area (Å²) in [7, 11) is 0. The Labute approximate surface area is 332 Å². The number of fused-ring (bicyclic) bond motifs is 2. The lowest BCUT2D eigenvalue weighted by atomic mass is 10.0. The quantitative estimate of drug-likeness (QED) is 0.139. The summed E-state index contributed by atoms with van der Waals surface area (Å²) in [6, 6.07) is -3.30. The summed E-state index contributed by atoms with van der Waals surface area (Å²) in [6.45, 7) is 3.87. The number of pyridine rings is 1. The van der Waals surface area contributed by atoms with Crippen molar-refractivity contribution in [3.8, 4) is 0 Å². The van der Waals surface area contributed by atoms with E-state index in [2.05, 4.69) is 10.6 Å². The minimum atomic E-state index is -1.64. The zero-order chi connectivity index (χ0) is 41.9. The van der Waals surface area contributed by atoms with Crippen molar-refractivity contribution < 1.29 is 57.7 Å². The van der Waals surface area contributed by atoms with Crippen LogP contribution in [0.4, 0.5) is 19.3 Å². The number of hydrogen-bond donors (Lipinski definition) is 5. The summed E-state index contributed by atoms with van der Waals surface area (Å²) in [6.07, 6.45) is 0.890. The molecule has 4 atom stereocenters. The van der Waals surface area contributed by atoms with Crippen LogP contribution in [-0.2, 0) is 24.0 Å². The highest BCUT2D eigenvalue weighted by Crippen LogP contribution is 2.42. The average molecular weight is 831 g/mol. The molecule has 1 aromatic carbocycles. The van der Waals surface area contributed by atoms with Crippen molar-refractivity contribution in [2.45, 2.75) is 56.3 Å². The molecular weight excluding hydrogens is 791 g/mol. The van der Waals surface area contributed by atoms with Gasteiger partial charge in [0.1, 0.15) is 40.2 Å². The van der Waals surface area contributed by atoms with E-state index < -0.39 is 87.8 Å². The standard InChI is InChI=1S/C36H40F2N8O11S/c1-3-42-10-11-44(32(52)31(42)51)36(57)40-23(16(2)47)29(49)39-24-30(50)46-25(35(55)56)17(15-58-33(24)46)13-41-6-8-43(9-7-41)27-21(37)12-19-26(22(27)38)45(18-4-5-18)14-20(28(19)48)34(53)54/h12,14,16,18,23-24,33,47H,3-11,13,15H2,1-2H3,(H,39,49)(H,40,57)(H,53,54)(H,55,56)/t16-,23+,24?,33?/m0/s1. The number of hydrogen-bond acceptors (Lipinski definition) is 12. The number of nitrogens with zero attached hydrogens (tertiary/aromatic N) is 6. The third-order valence-electron chi connectivity index (χ3n) is 11.0. The molecule has 22 heteroatoms. The van der Waals surface area contributed by atoms with Gasteiger partial charge in [-0.25, -0.2) is 23.2 Å². The van der Waals surface area contributed by atoms with Gasteiger partial charge < -0.3 is 40.3 Å². The molecule has 0 bridgehead atoms. The van der Waals surface area contributed by atoms with Gasteiger partial charge in [-0.3, -0.25) is 38.7 Å². The zero-order valence-corrected chi connectivity index (χ0v) is 32.1. The summed E-state index contributed by atoms with van der Waals surface area (Å²) < 4.78 is 33.1. The molecule has 4 aliphatic heterocycles. The largest absolute Gasteiger partial charge is 0.477 e. The first-order valence-electron chi connectivity index (χ1n) is 18.6. The number of anilines is 1. The topological polar surface area (TPSA) is 242 Å². The number of carbonyl (C=O) groups excluding carboxylic acids is 5. The number of carboxylic acids is 2. The molecule has 5 aliphatic rings. The third-order valence-corrected chi connectivity index (χ3v) is 12.3. The number of aromatic nitrogens is 1. The number of aromatic carboxylic acids is 1. The first kappa shape index (κ1) is 40.6. The molecule has 1 aromatic heterocycles. The summed E-state index contributed by atoms with van der Waals surface area (Å²) >= 11 is 1.18. The van der Waals surface area contributed by atoms with E-state index in [1.807, 2.05) is 4.90 Å². The number of nitrogens with one attached hydrogen (secondary N) is 2. The summed E-state index contributed by atoms with van der Waals surface area (Å²) in [5, 5.41) is 33.6. The molecule has 7 rings (SSSR count). The fraction of sp³-hybridized carbons (Fsp3) is 0.500. The number of imide groups is 1. The number of halogens is 2. The molecule has 5 N–H and O–H groups in total. The number of amides is 6. The lowest BCUT2D eigenvalue weighted by molar-refractivity contribution is -0.153. The number of thioether (sulfide) groups is 1. The minimum absolute atomic E-state index is 0.0823. The Hall–Kier alpha value is -5.61. The van der Waals surface area contributed by atoms with Crippen molar-refractivity contribution in [3.63, 3.8) is 0 Å². The molecule has 6 amide bonds. The highest BCUT2D eigenvalue weighted by molar-refractivity contribution is 8.00. The van der Waals surface area contributed by atoms with Gasteiger partial charge in [-0.2, -0.15) is 0 Å². The fourth-order valence-corrected chi connectivity index (χ4v) is 9.08. The summed E-state index contributed by atoms with van der Waals surface area (Å²) in [5.41, 5.74) is -1.98. The van der Waals surface area contributed by atoms with Crippen molar-refractivity contribution in [3.05, 3.63) is 51.0 Å². The summed E-state index contributed by atoms with van der Waals surface area (Å²) in [4.78, 5) is 108. The molecule has 310 valence electrons. The maximum absolute atomic E-state index is 16.2. The smallest absolute Gasteiger partial charge is 0.352 e. The van der Waals surface area contributed by atoms with Crippen molar-refractivity contribution in [2.24, 2.45) is 0 Å². The van der Waals surface area contributed by atoms with Crippen LogP contribution in [0.5, 0.6) is 0 Å². The Morgan fingerprint density at radius 1 is 0.966 bits per heavy atom. The molecule has 1 saturated carbocycles. The van der Waals surface area contributed by atoms with Crippen LogP contribution in [0.1, 0.15) is 43.1 Å². The van der Waals surface area contributed by atoms with Crippen molar-refractivity contribution >= 4 is 70.0 Å². The molecule has 0 radical (unpaired) electrons. The van der Waals surface area contributed by atoms with Crippen molar-refractivity contribution in [2.75, 3.05) is 63.0 Å². The van der Waals surface area contributed by atoms with Crippen LogP contribution in [0.15, 0.2) is 28.3 Å². The maximum atomic E-state index is 16.2. The van der Waals surface area contributed by atoms with Crippen molar-refractivity contribution in [1.82, 2.24) is 34.8 Å². The van der Waals surface area contributed by atoms with E-state index in [4.69, 9.17) is 0 Å². The van der Waals surface area contributed by atoms with E-state index in [1.165, 1.54) is 33.1 Å². The van der Waals surface area contributed by atoms with Crippen LogP contribution in [0.2, 0.25) is 0 Å². The second-order valence-corrected chi connectivity index (χ2v) is 15.8. The van der Waals surface area contributed by atoms with E-state index in [9.17, 15) is 53.7 Å². The van der Waals surface area contributed by atoms with Gasteiger partial charge in [0, 0.05) is 70.3 Å². The number of benzene rings is 1. The number of carbonyl (C=O) groups is 7. The molecule has 58 heavy (non-hydrogen) atoms. The maximum Gasteiger partial charge on any atom is 0.352 e. The number of carboxylic acid groups (broad SMARTS) is 2. The normalized spacial score (nSPS) is 22.5. The minimum Gasteiger partial charge on any atom is -0.477 e. The van der Waals surface area contributed by atoms with Gasteiger partial charge >= 0.3 is 29.8 Å². The van der Waals surface area contributed by atoms with E-state index in [1.54, 1.807) is 6.92 Å². The van der Waals surface area contributed by atoms with Crippen LogP contribution in [0.25, 0.3) is 10.9 Å². The van der Waals surface area contributed by atoms with Gasteiger partial charge in [0.15, 0.2) is 5.82 Å². The number of aliphatic hydroxyl groups is 1. The Bertz CT molecular complexity index is 2240. The molecule has 0 spiro atoms. The van der Waals surface area contributed by atoms with E-state index >= 15 is 8.78 Å². The van der Waals surface area contributed by atoms with Crippen LogP contribution in [-0.4, -0.2) is 163 Å². The molecule has 3 saturated heterocycles. The van der Waals surface area contributed by atoms with Gasteiger partial charge in [-0.1, -0.05) is 0 Å². The molecule has 4 fully saturated rings. The van der Waals surface area contributed by atoms with Gasteiger partial charge in [-0.15, -0.1) is 11.8 Å². The first-order valence-corrected chi connectivity index (χ1v) is 19.7. The Morgan fingerprint density at radius 2 is 1.66 bits per heavy atom. The highest BCUT2D eigenvalue weighted by Gasteiger charge is 2.55. The van der Waals surface area contributed by atoms with E-state index in [0.29, 0.717) is 23.3 Å².